The van der Waals surface area contributed by atoms with Crippen LogP contribution in [0.1, 0.15) is 30.1 Å². The fraction of sp³-hybridized carbons (Fsp3) is 0.316. The molecule has 132 valence electrons. The van der Waals surface area contributed by atoms with Crippen LogP contribution in [0.4, 0.5) is 17.1 Å². The fourth-order valence-electron chi connectivity index (χ4n) is 3.04. The predicted octanol–water partition coefficient (Wildman–Crippen LogP) is 5.06. The first-order valence-electron chi connectivity index (χ1n) is 8.35. The van der Waals surface area contributed by atoms with Crippen LogP contribution in [0.5, 0.6) is 0 Å². The van der Waals surface area contributed by atoms with Crippen LogP contribution in [0, 0.1) is 5.92 Å². The van der Waals surface area contributed by atoms with Gasteiger partial charge in [-0.2, -0.15) is 0 Å². The lowest BCUT2D eigenvalue weighted by Crippen LogP contribution is -2.33. The molecule has 2 aromatic carbocycles. The van der Waals surface area contributed by atoms with Gasteiger partial charge in [0, 0.05) is 23.8 Å². The number of carbonyl (C=O) groups is 1. The van der Waals surface area contributed by atoms with E-state index in [0.29, 0.717) is 27.0 Å². The zero-order valence-electron chi connectivity index (χ0n) is 14.1. The van der Waals surface area contributed by atoms with Gasteiger partial charge < -0.3 is 16.0 Å². The van der Waals surface area contributed by atoms with E-state index < -0.39 is 0 Å². The van der Waals surface area contributed by atoms with E-state index in [2.05, 4.69) is 17.1 Å². The van der Waals surface area contributed by atoms with E-state index in [0.717, 1.165) is 24.7 Å². The van der Waals surface area contributed by atoms with Gasteiger partial charge in [0.15, 0.2) is 0 Å². The number of anilines is 3. The zero-order chi connectivity index (χ0) is 18.0. The summed E-state index contributed by atoms with van der Waals surface area (Å²) in [6.45, 7) is 4.30. The van der Waals surface area contributed by atoms with Crippen LogP contribution in [0.2, 0.25) is 10.0 Å². The van der Waals surface area contributed by atoms with Crippen LogP contribution in [0.15, 0.2) is 36.4 Å². The van der Waals surface area contributed by atoms with Crippen molar-refractivity contribution in [1.82, 2.24) is 0 Å². The molecule has 1 amide bonds. The number of rotatable bonds is 3. The molecule has 1 fully saturated rings. The molecule has 1 saturated heterocycles. The Balaban J connectivity index is 1.73. The second-order valence-electron chi connectivity index (χ2n) is 6.52. The first-order valence-corrected chi connectivity index (χ1v) is 9.10. The highest BCUT2D eigenvalue weighted by atomic mass is 35.5. The summed E-state index contributed by atoms with van der Waals surface area (Å²) in [5, 5.41) is 3.64. The predicted molar refractivity (Wildman–Crippen MR) is 106 cm³/mol. The number of carbonyl (C=O) groups excluding carboxylic acids is 1. The van der Waals surface area contributed by atoms with Crippen molar-refractivity contribution in [2.45, 2.75) is 19.8 Å². The molecule has 1 heterocycles. The van der Waals surface area contributed by atoms with Gasteiger partial charge in [-0.3, -0.25) is 4.79 Å². The Kier molecular flexibility index (Phi) is 5.40. The molecule has 0 unspecified atom stereocenters. The number of nitrogen functional groups attached to an aromatic ring is 1. The third-order valence-electron chi connectivity index (χ3n) is 4.59. The Labute approximate surface area is 157 Å². The standard InChI is InChI=1S/C19H21Cl2N3O/c1-12-6-8-24(9-7-12)18-5-3-14(11-17(18)22)23-19(25)15-4-2-13(20)10-16(15)21/h2-5,10-12H,6-9,22H2,1H3,(H,23,25). The Hall–Kier alpha value is -1.91. The Morgan fingerprint density at radius 3 is 2.52 bits per heavy atom. The topological polar surface area (TPSA) is 58.4 Å². The van der Waals surface area contributed by atoms with Gasteiger partial charge in [0.05, 0.1) is 22.0 Å². The molecule has 0 atom stereocenters. The van der Waals surface area contributed by atoms with E-state index in [1.165, 1.54) is 12.8 Å². The summed E-state index contributed by atoms with van der Waals surface area (Å²) < 4.78 is 0. The highest BCUT2D eigenvalue weighted by molar-refractivity contribution is 6.37. The minimum absolute atomic E-state index is 0.291. The number of hydrogen-bond donors (Lipinski definition) is 2. The van der Waals surface area contributed by atoms with E-state index in [1.807, 2.05) is 12.1 Å². The van der Waals surface area contributed by atoms with Crippen LogP contribution < -0.4 is 16.0 Å². The molecular weight excluding hydrogens is 357 g/mol. The quantitative estimate of drug-likeness (QED) is 0.734. The second kappa shape index (κ2) is 7.54. The van der Waals surface area contributed by atoms with Gasteiger partial charge >= 0.3 is 0 Å². The van der Waals surface area contributed by atoms with Gasteiger partial charge in [-0.05, 0) is 55.2 Å². The SMILES string of the molecule is CC1CCN(c2ccc(NC(=O)c3ccc(Cl)cc3Cl)cc2N)CC1. The van der Waals surface area contributed by atoms with Crippen LogP contribution in [0.3, 0.4) is 0 Å². The minimum atomic E-state index is -0.291. The van der Waals surface area contributed by atoms with Gasteiger partial charge in [0.25, 0.3) is 5.91 Å². The van der Waals surface area contributed by atoms with Gasteiger partial charge in [-0.1, -0.05) is 30.1 Å². The summed E-state index contributed by atoms with van der Waals surface area (Å²) in [5.74, 6) is 0.473. The molecule has 0 aliphatic carbocycles. The van der Waals surface area contributed by atoms with E-state index >= 15 is 0 Å². The van der Waals surface area contributed by atoms with Crippen molar-refractivity contribution >= 4 is 46.2 Å². The Morgan fingerprint density at radius 2 is 1.88 bits per heavy atom. The van der Waals surface area contributed by atoms with E-state index in [9.17, 15) is 4.79 Å². The van der Waals surface area contributed by atoms with Crippen molar-refractivity contribution in [3.05, 3.63) is 52.0 Å². The molecular formula is C19H21Cl2N3O. The average molecular weight is 378 g/mol. The Bertz CT molecular complexity index is 786. The second-order valence-corrected chi connectivity index (χ2v) is 7.37. The summed E-state index contributed by atoms with van der Waals surface area (Å²) in [5.41, 5.74) is 8.91. The number of nitrogens with zero attached hydrogens (tertiary/aromatic N) is 1. The number of nitrogens with two attached hydrogens (primary N) is 1. The van der Waals surface area contributed by atoms with Crippen molar-refractivity contribution in [3.8, 4) is 0 Å². The maximum Gasteiger partial charge on any atom is 0.257 e. The molecule has 0 aromatic heterocycles. The Morgan fingerprint density at radius 1 is 1.16 bits per heavy atom. The summed E-state index contributed by atoms with van der Waals surface area (Å²) in [6.07, 6.45) is 2.35. The minimum Gasteiger partial charge on any atom is -0.397 e. The van der Waals surface area contributed by atoms with Gasteiger partial charge in [0.1, 0.15) is 0 Å². The van der Waals surface area contributed by atoms with Crippen molar-refractivity contribution in [3.63, 3.8) is 0 Å². The summed E-state index contributed by atoms with van der Waals surface area (Å²) in [7, 11) is 0. The number of piperidine rings is 1. The summed E-state index contributed by atoms with van der Waals surface area (Å²) in [4.78, 5) is 14.7. The first-order chi connectivity index (χ1) is 11.9. The molecule has 0 radical (unpaired) electrons. The maximum absolute atomic E-state index is 12.4. The third-order valence-corrected chi connectivity index (χ3v) is 5.13. The molecule has 0 spiro atoms. The highest BCUT2D eigenvalue weighted by Gasteiger charge is 2.18. The lowest BCUT2D eigenvalue weighted by molar-refractivity contribution is 0.102. The van der Waals surface area contributed by atoms with E-state index in [4.69, 9.17) is 28.9 Å². The number of amides is 1. The molecule has 0 bridgehead atoms. The van der Waals surface area contributed by atoms with Crippen LogP contribution >= 0.6 is 23.2 Å². The molecule has 4 nitrogen and oxygen atoms in total. The maximum atomic E-state index is 12.4. The molecule has 3 N–H and O–H groups in total. The van der Waals surface area contributed by atoms with Crippen molar-refractivity contribution in [2.24, 2.45) is 5.92 Å². The fourth-order valence-corrected chi connectivity index (χ4v) is 3.54. The number of halogens is 2. The molecule has 25 heavy (non-hydrogen) atoms. The highest BCUT2D eigenvalue weighted by Crippen LogP contribution is 2.30. The first kappa shape index (κ1) is 17.9. The molecule has 0 saturated carbocycles. The normalized spacial score (nSPS) is 15.2. The summed E-state index contributed by atoms with van der Waals surface area (Å²) in [6, 6.07) is 10.4. The van der Waals surface area contributed by atoms with Gasteiger partial charge in [-0.15, -0.1) is 0 Å². The monoisotopic (exact) mass is 377 g/mol. The summed E-state index contributed by atoms with van der Waals surface area (Å²) >= 11 is 11.9. The number of nitrogens with one attached hydrogen (secondary N) is 1. The van der Waals surface area contributed by atoms with Crippen molar-refractivity contribution in [2.75, 3.05) is 29.0 Å². The largest absolute Gasteiger partial charge is 0.397 e. The van der Waals surface area contributed by atoms with Gasteiger partial charge in [0.2, 0.25) is 0 Å². The van der Waals surface area contributed by atoms with Crippen LogP contribution in [-0.2, 0) is 0 Å². The van der Waals surface area contributed by atoms with Crippen molar-refractivity contribution < 1.29 is 4.79 Å². The molecule has 3 rings (SSSR count). The average Bonchev–Trinajstić information content (AvgIpc) is 2.56. The lowest BCUT2D eigenvalue weighted by atomic mass is 9.98. The van der Waals surface area contributed by atoms with Crippen LogP contribution in [-0.4, -0.2) is 19.0 Å². The zero-order valence-corrected chi connectivity index (χ0v) is 15.6. The van der Waals surface area contributed by atoms with E-state index in [1.54, 1.807) is 24.3 Å². The van der Waals surface area contributed by atoms with E-state index in [-0.39, 0.29) is 5.91 Å². The molecule has 2 aromatic rings. The van der Waals surface area contributed by atoms with Crippen molar-refractivity contribution in [1.29, 1.82) is 0 Å². The smallest absolute Gasteiger partial charge is 0.257 e. The number of benzene rings is 2. The lowest BCUT2D eigenvalue weighted by Gasteiger charge is -2.33. The molecule has 6 heteroatoms. The molecule has 1 aliphatic rings. The third kappa shape index (κ3) is 4.20. The van der Waals surface area contributed by atoms with Crippen LogP contribution in [0.25, 0.3) is 0 Å². The number of hydrogen-bond acceptors (Lipinski definition) is 3. The van der Waals surface area contributed by atoms with Gasteiger partial charge in [-0.25, -0.2) is 0 Å². The molecule has 1 aliphatic heterocycles.